The minimum atomic E-state index is -0.185. The summed E-state index contributed by atoms with van der Waals surface area (Å²) in [5.41, 5.74) is 1.10. The van der Waals surface area contributed by atoms with Crippen molar-refractivity contribution in [2.75, 3.05) is 20.1 Å². The summed E-state index contributed by atoms with van der Waals surface area (Å²) in [6.45, 7) is 2.14. The molecule has 1 fully saturated rings. The largest absolute Gasteiger partial charge is 0.482 e. The molecule has 1 aliphatic heterocycles. The molecule has 2 aromatic carbocycles. The Morgan fingerprint density at radius 1 is 0.850 bits per heavy atom. The molecular formula is C18H21NO. The first-order valence-corrected chi connectivity index (χ1v) is 7.27. The second-order valence-corrected chi connectivity index (χ2v) is 5.58. The van der Waals surface area contributed by atoms with Crippen molar-refractivity contribution in [1.82, 2.24) is 4.90 Å². The molecule has 0 amide bonds. The van der Waals surface area contributed by atoms with Gasteiger partial charge in [0.2, 0.25) is 0 Å². The van der Waals surface area contributed by atoms with E-state index in [4.69, 9.17) is 4.74 Å². The molecule has 2 nitrogen and oxygen atoms in total. The van der Waals surface area contributed by atoms with Crippen LogP contribution in [0.3, 0.4) is 0 Å². The molecule has 1 saturated heterocycles. The Morgan fingerprint density at radius 2 is 1.40 bits per heavy atom. The normalized spacial score (nSPS) is 18.6. The van der Waals surface area contributed by atoms with Gasteiger partial charge >= 0.3 is 0 Å². The van der Waals surface area contributed by atoms with E-state index in [0.29, 0.717) is 0 Å². The lowest BCUT2D eigenvalue weighted by Crippen LogP contribution is -2.44. The Labute approximate surface area is 121 Å². The lowest BCUT2D eigenvalue weighted by atomic mass is 9.84. The molecule has 0 N–H and O–H groups in total. The van der Waals surface area contributed by atoms with E-state index in [2.05, 4.69) is 42.3 Å². The van der Waals surface area contributed by atoms with Crippen molar-refractivity contribution in [3.8, 4) is 5.75 Å². The number of ether oxygens (including phenoxy) is 1. The lowest BCUT2D eigenvalue weighted by molar-refractivity contribution is 0.00375. The van der Waals surface area contributed by atoms with Crippen LogP contribution < -0.4 is 4.74 Å². The Hall–Kier alpha value is -1.80. The number of para-hydroxylation sites is 1. The van der Waals surface area contributed by atoms with Crippen molar-refractivity contribution in [3.05, 3.63) is 66.2 Å². The standard InChI is InChI=1S/C18H21NO/c1-19-14-12-18(13-15-19,16-8-4-2-5-9-16)20-17-10-6-3-7-11-17/h2-11H,12-15H2,1H3. The molecule has 1 aliphatic rings. The van der Waals surface area contributed by atoms with Gasteiger partial charge in [0.1, 0.15) is 11.4 Å². The third-order valence-corrected chi connectivity index (χ3v) is 4.15. The molecule has 0 aromatic heterocycles. The summed E-state index contributed by atoms with van der Waals surface area (Å²) in [7, 11) is 2.18. The number of nitrogens with zero attached hydrogens (tertiary/aromatic N) is 1. The van der Waals surface area contributed by atoms with Gasteiger partial charge in [-0.2, -0.15) is 0 Å². The maximum Gasteiger partial charge on any atom is 0.136 e. The summed E-state index contributed by atoms with van der Waals surface area (Å²) in [6, 6.07) is 20.8. The SMILES string of the molecule is CN1CCC(Oc2ccccc2)(c2ccccc2)CC1. The van der Waals surface area contributed by atoms with Crippen molar-refractivity contribution >= 4 is 0 Å². The molecule has 2 heteroatoms. The molecule has 0 bridgehead atoms. The third kappa shape index (κ3) is 2.70. The van der Waals surface area contributed by atoms with E-state index in [-0.39, 0.29) is 5.60 Å². The van der Waals surface area contributed by atoms with Gasteiger partial charge in [-0.25, -0.2) is 0 Å². The zero-order valence-corrected chi connectivity index (χ0v) is 12.0. The zero-order valence-electron chi connectivity index (χ0n) is 12.0. The highest BCUT2D eigenvalue weighted by Crippen LogP contribution is 2.37. The Balaban J connectivity index is 1.92. The Morgan fingerprint density at radius 3 is 2.00 bits per heavy atom. The predicted molar refractivity (Wildman–Crippen MR) is 81.9 cm³/mol. The first kappa shape index (κ1) is 13.2. The van der Waals surface area contributed by atoms with Crippen molar-refractivity contribution < 1.29 is 4.74 Å². The molecule has 0 atom stereocenters. The van der Waals surface area contributed by atoms with Crippen LogP contribution >= 0.6 is 0 Å². The molecule has 0 aliphatic carbocycles. The quantitative estimate of drug-likeness (QED) is 0.841. The minimum Gasteiger partial charge on any atom is -0.482 e. The van der Waals surface area contributed by atoms with Gasteiger partial charge in [-0.1, -0.05) is 48.5 Å². The average Bonchev–Trinajstić information content (AvgIpc) is 2.52. The third-order valence-electron chi connectivity index (χ3n) is 4.15. The lowest BCUT2D eigenvalue weighted by Gasteiger charge is -2.41. The molecule has 104 valence electrons. The first-order chi connectivity index (χ1) is 9.78. The van der Waals surface area contributed by atoms with Crippen LogP contribution in [0.2, 0.25) is 0 Å². The number of benzene rings is 2. The fourth-order valence-corrected chi connectivity index (χ4v) is 2.89. The Bertz CT molecular complexity index is 530. The fourth-order valence-electron chi connectivity index (χ4n) is 2.89. The van der Waals surface area contributed by atoms with Gasteiger partial charge in [-0.05, 0) is 24.7 Å². The summed E-state index contributed by atoms with van der Waals surface area (Å²) < 4.78 is 6.45. The van der Waals surface area contributed by atoms with Crippen molar-refractivity contribution in [3.63, 3.8) is 0 Å². The molecule has 20 heavy (non-hydrogen) atoms. The van der Waals surface area contributed by atoms with Crippen LogP contribution in [0.5, 0.6) is 5.75 Å². The highest BCUT2D eigenvalue weighted by molar-refractivity contribution is 5.28. The van der Waals surface area contributed by atoms with Gasteiger partial charge < -0.3 is 9.64 Å². The van der Waals surface area contributed by atoms with Gasteiger partial charge in [0.15, 0.2) is 0 Å². The molecule has 1 heterocycles. The van der Waals surface area contributed by atoms with E-state index in [9.17, 15) is 0 Å². The van der Waals surface area contributed by atoms with Crippen molar-refractivity contribution in [2.24, 2.45) is 0 Å². The van der Waals surface area contributed by atoms with Gasteiger partial charge in [-0.15, -0.1) is 0 Å². The second-order valence-electron chi connectivity index (χ2n) is 5.58. The van der Waals surface area contributed by atoms with Gasteiger partial charge in [0, 0.05) is 25.9 Å². The zero-order chi connectivity index (χ0) is 13.8. The van der Waals surface area contributed by atoms with Crippen molar-refractivity contribution in [1.29, 1.82) is 0 Å². The van der Waals surface area contributed by atoms with Gasteiger partial charge in [-0.3, -0.25) is 0 Å². The highest BCUT2D eigenvalue weighted by atomic mass is 16.5. The van der Waals surface area contributed by atoms with E-state index < -0.39 is 0 Å². The van der Waals surface area contributed by atoms with Crippen LogP contribution in [0.15, 0.2) is 60.7 Å². The first-order valence-electron chi connectivity index (χ1n) is 7.27. The molecule has 0 radical (unpaired) electrons. The number of likely N-dealkylation sites (tertiary alicyclic amines) is 1. The number of hydrogen-bond donors (Lipinski definition) is 0. The van der Waals surface area contributed by atoms with Crippen LogP contribution in [0.4, 0.5) is 0 Å². The number of rotatable bonds is 3. The second kappa shape index (κ2) is 5.68. The van der Waals surface area contributed by atoms with Crippen LogP contribution in [0, 0.1) is 0 Å². The highest BCUT2D eigenvalue weighted by Gasteiger charge is 2.37. The summed E-state index contributed by atoms with van der Waals surface area (Å²) in [5, 5.41) is 0. The van der Waals surface area contributed by atoms with Gasteiger partial charge in [0.25, 0.3) is 0 Å². The molecule has 0 unspecified atom stereocenters. The van der Waals surface area contributed by atoms with Gasteiger partial charge in [0.05, 0.1) is 0 Å². The summed E-state index contributed by atoms with van der Waals surface area (Å²) >= 11 is 0. The monoisotopic (exact) mass is 267 g/mol. The molecule has 2 aromatic rings. The summed E-state index contributed by atoms with van der Waals surface area (Å²) in [4.78, 5) is 2.37. The van der Waals surface area contributed by atoms with Crippen LogP contribution in [0.25, 0.3) is 0 Å². The van der Waals surface area contributed by atoms with Crippen LogP contribution in [-0.4, -0.2) is 25.0 Å². The Kier molecular flexibility index (Phi) is 3.75. The average molecular weight is 267 g/mol. The van der Waals surface area contributed by atoms with E-state index >= 15 is 0 Å². The predicted octanol–water partition coefficient (Wildman–Crippen LogP) is 3.69. The van der Waals surface area contributed by atoms with Crippen LogP contribution in [0.1, 0.15) is 18.4 Å². The van der Waals surface area contributed by atoms with E-state index in [0.717, 1.165) is 31.7 Å². The van der Waals surface area contributed by atoms with E-state index in [1.165, 1.54) is 5.56 Å². The number of piperidine rings is 1. The minimum absolute atomic E-state index is 0.185. The summed E-state index contributed by atoms with van der Waals surface area (Å²) in [5.74, 6) is 0.959. The van der Waals surface area contributed by atoms with Crippen molar-refractivity contribution in [2.45, 2.75) is 18.4 Å². The molecular weight excluding hydrogens is 246 g/mol. The van der Waals surface area contributed by atoms with E-state index in [1.54, 1.807) is 0 Å². The smallest absolute Gasteiger partial charge is 0.136 e. The maximum absolute atomic E-state index is 6.45. The van der Waals surface area contributed by atoms with Crippen LogP contribution in [-0.2, 0) is 5.60 Å². The maximum atomic E-state index is 6.45. The van der Waals surface area contributed by atoms with E-state index in [1.807, 2.05) is 30.3 Å². The molecule has 0 spiro atoms. The topological polar surface area (TPSA) is 12.5 Å². The summed E-state index contributed by atoms with van der Waals surface area (Å²) in [6.07, 6.45) is 2.06. The fraction of sp³-hybridized carbons (Fsp3) is 0.333. The number of hydrogen-bond acceptors (Lipinski definition) is 2. The molecule has 0 saturated carbocycles. The molecule has 3 rings (SSSR count).